The molecule has 10 heteroatoms. The predicted molar refractivity (Wildman–Crippen MR) is 107 cm³/mol. The summed E-state index contributed by atoms with van der Waals surface area (Å²) in [6, 6.07) is 5.63. The summed E-state index contributed by atoms with van der Waals surface area (Å²) in [5, 5.41) is 2.94. The van der Waals surface area contributed by atoms with Crippen molar-refractivity contribution in [2.75, 3.05) is 11.9 Å². The fourth-order valence-corrected chi connectivity index (χ4v) is 4.34. The van der Waals surface area contributed by atoms with E-state index >= 15 is 0 Å². The van der Waals surface area contributed by atoms with E-state index in [1.165, 1.54) is 41.7 Å². The van der Waals surface area contributed by atoms with Crippen molar-refractivity contribution < 1.29 is 32.6 Å². The highest BCUT2D eigenvalue weighted by atomic mass is 32.1. The second-order valence-electron chi connectivity index (χ2n) is 6.36. The first-order chi connectivity index (χ1) is 14.3. The summed E-state index contributed by atoms with van der Waals surface area (Å²) in [4.78, 5) is 36.6. The van der Waals surface area contributed by atoms with Gasteiger partial charge in [-0.3, -0.25) is 9.59 Å². The Bertz CT molecular complexity index is 986. The van der Waals surface area contributed by atoms with Gasteiger partial charge in [0.2, 0.25) is 0 Å². The molecule has 0 saturated heterocycles. The number of nitrogens with one attached hydrogen (secondary N) is 1. The lowest BCUT2D eigenvalue weighted by Gasteiger charge is -2.06. The molecule has 1 heterocycles. The minimum absolute atomic E-state index is 0.00344. The number of carbonyl (C=O) groups is 3. The highest BCUT2D eigenvalue weighted by molar-refractivity contribution is 7.17. The number of halogens is 2. The molecule has 0 unspecified atom stereocenters. The van der Waals surface area contributed by atoms with Crippen LogP contribution in [0.2, 0.25) is 0 Å². The van der Waals surface area contributed by atoms with Gasteiger partial charge in [0.15, 0.2) is 6.61 Å². The summed E-state index contributed by atoms with van der Waals surface area (Å²) >= 11 is 1.31. The lowest BCUT2D eigenvalue weighted by Crippen LogP contribution is -2.22. The smallest absolute Gasteiger partial charge is 0.387 e. The first kappa shape index (κ1) is 21.4. The van der Waals surface area contributed by atoms with Crippen LogP contribution in [0, 0.1) is 0 Å². The molecule has 1 aromatic carbocycles. The average Bonchev–Trinajstić information content (AvgIpc) is 3.25. The first-order valence-corrected chi connectivity index (χ1v) is 9.79. The normalized spacial score (nSPS) is 12.8. The number of hydrogen-bond acceptors (Lipinski definition) is 6. The maximum atomic E-state index is 12.1. The minimum atomic E-state index is -2.92. The van der Waals surface area contributed by atoms with Crippen LogP contribution < -0.4 is 15.8 Å². The number of thiophene rings is 1. The number of primary amides is 1. The summed E-state index contributed by atoms with van der Waals surface area (Å²) < 4.78 is 33.3. The number of rotatable bonds is 8. The molecule has 3 N–H and O–H groups in total. The lowest BCUT2D eigenvalue weighted by atomic mass is 10.1. The van der Waals surface area contributed by atoms with Crippen molar-refractivity contribution in [1.29, 1.82) is 0 Å². The van der Waals surface area contributed by atoms with Gasteiger partial charge in [-0.1, -0.05) is 12.1 Å². The Hall–Kier alpha value is -3.27. The van der Waals surface area contributed by atoms with Gasteiger partial charge in [-0.25, -0.2) is 4.79 Å². The molecule has 7 nitrogen and oxygen atoms in total. The molecule has 2 aromatic rings. The minimum Gasteiger partial charge on any atom is -0.452 e. The summed E-state index contributed by atoms with van der Waals surface area (Å²) in [5.41, 5.74) is 7.20. The number of ether oxygens (including phenoxy) is 2. The summed E-state index contributed by atoms with van der Waals surface area (Å²) in [5.74, 6) is -1.96. The van der Waals surface area contributed by atoms with Crippen molar-refractivity contribution in [3.05, 3.63) is 51.9 Å². The molecular formula is C20H18F2N2O5S. The molecule has 0 saturated carbocycles. The quantitative estimate of drug-likeness (QED) is 0.488. The first-order valence-electron chi connectivity index (χ1n) is 8.97. The molecule has 1 aliphatic rings. The summed E-state index contributed by atoms with van der Waals surface area (Å²) in [7, 11) is 0. The number of nitrogens with two attached hydrogens (primary N) is 1. The standard InChI is InChI=1S/C20H18F2N2O5S/c21-20(22)29-12-7-4-11(5-8-12)6-9-16(26)28-10-15(25)24-19-17(18(23)27)13-2-1-3-14(13)30-19/h4-9,20H,1-3,10H2,(H2,23,27)(H,24,25). The van der Waals surface area contributed by atoms with Crippen molar-refractivity contribution in [2.45, 2.75) is 25.9 Å². The van der Waals surface area contributed by atoms with Crippen LogP contribution in [-0.2, 0) is 27.2 Å². The van der Waals surface area contributed by atoms with Crippen LogP contribution in [0.15, 0.2) is 30.3 Å². The van der Waals surface area contributed by atoms with Crippen molar-refractivity contribution in [1.82, 2.24) is 0 Å². The Morgan fingerprint density at radius 1 is 1.20 bits per heavy atom. The van der Waals surface area contributed by atoms with E-state index in [2.05, 4.69) is 10.1 Å². The highest BCUT2D eigenvalue weighted by Crippen LogP contribution is 2.38. The van der Waals surface area contributed by atoms with Gasteiger partial charge in [0.25, 0.3) is 11.8 Å². The number of carbonyl (C=O) groups excluding carboxylic acids is 3. The Kier molecular flexibility index (Phi) is 6.78. The number of aryl methyl sites for hydroxylation is 1. The van der Waals surface area contributed by atoms with Crippen LogP contribution in [0.4, 0.5) is 13.8 Å². The van der Waals surface area contributed by atoms with E-state index in [9.17, 15) is 23.2 Å². The van der Waals surface area contributed by atoms with E-state index in [0.29, 0.717) is 16.1 Å². The zero-order valence-electron chi connectivity index (χ0n) is 15.7. The zero-order valence-corrected chi connectivity index (χ0v) is 16.5. The lowest BCUT2D eigenvalue weighted by molar-refractivity contribution is -0.142. The van der Waals surface area contributed by atoms with Crippen LogP contribution in [-0.4, -0.2) is 31.0 Å². The molecular weight excluding hydrogens is 418 g/mol. The molecule has 0 aliphatic heterocycles. The number of fused-ring (bicyclic) bond motifs is 1. The van der Waals surface area contributed by atoms with Crippen molar-refractivity contribution in [3.63, 3.8) is 0 Å². The van der Waals surface area contributed by atoms with Gasteiger partial charge in [-0.15, -0.1) is 11.3 Å². The van der Waals surface area contributed by atoms with Gasteiger partial charge in [0.05, 0.1) is 5.56 Å². The molecule has 0 fully saturated rings. The van der Waals surface area contributed by atoms with Gasteiger partial charge < -0.3 is 20.5 Å². The Morgan fingerprint density at radius 3 is 2.60 bits per heavy atom. The number of esters is 1. The molecule has 0 atom stereocenters. The maximum Gasteiger partial charge on any atom is 0.387 e. The average molecular weight is 436 g/mol. The second kappa shape index (κ2) is 9.49. The van der Waals surface area contributed by atoms with Gasteiger partial charge in [0.1, 0.15) is 10.8 Å². The number of alkyl halides is 2. The summed E-state index contributed by atoms with van der Waals surface area (Å²) in [6.45, 7) is -3.45. The molecule has 0 spiro atoms. The van der Waals surface area contributed by atoms with Gasteiger partial charge in [-0.2, -0.15) is 8.78 Å². The largest absolute Gasteiger partial charge is 0.452 e. The SMILES string of the molecule is NC(=O)c1c(NC(=O)COC(=O)C=Cc2ccc(OC(F)F)cc2)sc2c1CCC2. The van der Waals surface area contributed by atoms with E-state index in [1.54, 1.807) is 0 Å². The third kappa shape index (κ3) is 5.41. The third-order valence-electron chi connectivity index (χ3n) is 4.28. The van der Waals surface area contributed by atoms with Crippen molar-refractivity contribution in [2.24, 2.45) is 5.73 Å². The molecule has 0 radical (unpaired) electrons. The third-order valence-corrected chi connectivity index (χ3v) is 5.49. The fourth-order valence-electron chi connectivity index (χ4n) is 3.03. The van der Waals surface area contributed by atoms with Crippen LogP contribution in [0.3, 0.4) is 0 Å². The van der Waals surface area contributed by atoms with E-state index in [1.807, 2.05) is 0 Å². The van der Waals surface area contributed by atoms with Crippen LogP contribution in [0.5, 0.6) is 5.75 Å². The maximum absolute atomic E-state index is 12.1. The number of hydrogen-bond donors (Lipinski definition) is 2. The van der Waals surface area contributed by atoms with Gasteiger partial charge >= 0.3 is 12.6 Å². The molecule has 1 aliphatic carbocycles. The number of anilines is 1. The zero-order chi connectivity index (χ0) is 21.7. The van der Waals surface area contributed by atoms with Crippen LogP contribution >= 0.6 is 11.3 Å². The van der Waals surface area contributed by atoms with Crippen LogP contribution in [0.1, 0.15) is 32.8 Å². The Labute approximate surface area is 174 Å². The molecule has 158 valence electrons. The molecule has 30 heavy (non-hydrogen) atoms. The predicted octanol–water partition coefficient (Wildman–Crippen LogP) is 3.13. The second-order valence-corrected chi connectivity index (χ2v) is 7.47. The Balaban J connectivity index is 1.51. The highest BCUT2D eigenvalue weighted by Gasteiger charge is 2.26. The van der Waals surface area contributed by atoms with Crippen molar-refractivity contribution in [3.8, 4) is 5.75 Å². The fraction of sp³-hybridized carbons (Fsp3) is 0.250. The molecule has 2 amide bonds. The van der Waals surface area contributed by atoms with Crippen LogP contribution in [0.25, 0.3) is 6.08 Å². The van der Waals surface area contributed by atoms with Gasteiger partial charge in [0, 0.05) is 11.0 Å². The summed E-state index contributed by atoms with van der Waals surface area (Å²) in [6.07, 6.45) is 5.04. The van der Waals surface area contributed by atoms with E-state index in [-0.39, 0.29) is 5.75 Å². The van der Waals surface area contributed by atoms with E-state index < -0.39 is 31.0 Å². The number of benzene rings is 1. The molecule has 3 rings (SSSR count). The topological polar surface area (TPSA) is 108 Å². The van der Waals surface area contributed by atoms with E-state index in [4.69, 9.17) is 10.5 Å². The van der Waals surface area contributed by atoms with E-state index in [0.717, 1.165) is 35.8 Å². The molecule has 1 aromatic heterocycles. The monoisotopic (exact) mass is 436 g/mol. The van der Waals surface area contributed by atoms with Gasteiger partial charge in [-0.05, 0) is 48.6 Å². The number of amides is 2. The van der Waals surface area contributed by atoms with Crippen molar-refractivity contribution >= 4 is 40.2 Å². The Morgan fingerprint density at radius 2 is 1.93 bits per heavy atom. The molecule has 0 bridgehead atoms.